The fourth-order valence-electron chi connectivity index (χ4n) is 2.91. The molecule has 2 N–H and O–H groups in total. The Morgan fingerprint density at radius 2 is 2.17 bits per heavy atom. The smallest absolute Gasteiger partial charge is 0.321 e. The Kier molecular flexibility index (Phi) is 5.68. The number of rotatable bonds is 4. The zero-order chi connectivity index (χ0) is 16.9. The van der Waals surface area contributed by atoms with E-state index in [1.165, 1.54) is 35.8 Å². The maximum atomic E-state index is 12.0. The van der Waals surface area contributed by atoms with Gasteiger partial charge in [-0.2, -0.15) is 0 Å². The lowest BCUT2D eigenvalue weighted by molar-refractivity contribution is -0.117. The van der Waals surface area contributed by atoms with Crippen molar-refractivity contribution in [2.24, 2.45) is 5.92 Å². The molecule has 128 valence electrons. The highest BCUT2D eigenvalue weighted by Gasteiger charge is 2.23. The molecule has 2 heterocycles. The lowest BCUT2D eigenvalue weighted by Gasteiger charge is -2.29. The Morgan fingerprint density at radius 3 is 3.00 bits per heavy atom. The summed E-state index contributed by atoms with van der Waals surface area (Å²) in [6, 6.07) is 1.70. The van der Waals surface area contributed by atoms with Crippen LogP contribution in [0.2, 0.25) is 0 Å². The normalized spacial score (nSPS) is 20.7. The van der Waals surface area contributed by atoms with Gasteiger partial charge in [-0.15, -0.1) is 11.3 Å². The second kappa shape index (κ2) is 7.94. The molecule has 2 aromatic heterocycles. The third-order valence-electron chi connectivity index (χ3n) is 4.25. The van der Waals surface area contributed by atoms with Gasteiger partial charge in [0.25, 0.3) is 0 Å². The molecule has 0 aromatic carbocycles. The first-order chi connectivity index (χ1) is 11.6. The summed E-state index contributed by atoms with van der Waals surface area (Å²) in [6.45, 7) is 2.14. The SMILES string of the molecule is C[C@@H]1CCCC[C@@H]1NC(=O)NC(=O)CSc1ncnc2sccc12. The van der Waals surface area contributed by atoms with Gasteiger partial charge < -0.3 is 5.32 Å². The number of nitrogens with zero attached hydrogens (tertiary/aromatic N) is 2. The predicted molar refractivity (Wildman–Crippen MR) is 96.2 cm³/mol. The van der Waals surface area contributed by atoms with E-state index >= 15 is 0 Å². The predicted octanol–water partition coefficient (Wildman–Crippen LogP) is 3.19. The topological polar surface area (TPSA) is 84.0 Å². The van der Waals surface area contributed by atoms with Gasteiger partial charge in [0.1, 0.15) is 16.2 Å². The molecule has 0 saturated heterocycles. The Balaban J connectivity index is 1.48. The average Bonchev–Trinajstić information content (AvgIpc) is 3.04. The van der Waals surface area contributed by atoms with Crippen LogP contribution in [0.4, 0.5) is 4.79 Å². The highest BCUT2D eigenvalue weighted by atomic mass is 32.2. The Morgan fingerprint density at radius 1 is 1.33 bits per heavy atom. The molecule has 1 saturated carbocycles. The van der Waals surface area contributed by atoms with Gasteiger partial charge in [0.05, 0.1) is 5.75 Å². The molecule has 0 bridgehead atoms. The van der Waals surface area contributed by atoms with Crippen LogP contribution in [0.15, 0.2) is 22.8 Å². The van der Waals surface area contributed by atoms with E-state index in [0.29, 0.717) is 5.92 Å². The molecule has 0 radical (unpaired) electrons. The van der Waals surface area contributed by atoms with Crippen LogP contribution in [0.1, 0.15) is 32.6 Å². The zero-order valence-corrected chi connectivity index (χ0v) is 15.1. The summed E-state index contributed by atoms with van der Waals surface area (Å²) in [5, 5.41) is 8.98. The standard InChI is InChI=1S/C16H20N4O2S2/c1-10-4-2-3-5-12(10)19-16(22)20-13(21)8-24-15-11-6-7-23-14(11)17-9-18-15/h6-7,9-10,12H,2-5,8H2,1H3,(H2,19,20,21,22)/t10-,12+/m1/s1. The molecule has 0 unspecified atom stereocenters. The number of carbonyl (C=O) groups is 2. The minimum Gasteiger partial charge on any atom is -0.335 e. The van der Waals surface area contributed by atoms with Crippen LogP contribution in [-0.2, 0) is 4.79 Å². The van der Waals surface area contributed by atoms with Gasteiger partial charge in [0.15, 0.2) is 0 Å². The Labute approximate surface area is 148 Å². The first kappa shape index (κ1) is 17.2. The number of thiophene rings is 1. The lowest BCUT2D eigenvalue weighted by atomic mass is 9.86. The number of carbonyl (C=O) groups excluding carboxylic acids is 2. The third-order valence-corrected chi connectivity index (χ3v) is 6.07. The van der Waals surface area contributed by atoms with Crippen molar-refractivity contribution < 1.29 is 9.59 Å². The second-order valence-corrected chi connectivity index (χ2v) is 7.86. The van der Waals surface area contributed by atoms with Crippen LogP contribution in [0, 0.1) is 5.92 Å². The summed E-state index contributed by atoms with van der Waals surface area (Å²) in [5.74, 6) is 0.292. The summed E-state index contributed by atoms with van der Waals surface area (Å²) in [5.41, 5.74) is 0. The molecule has 3 rings (SSSR count). The summed E-state index contributed by atoms with van der Waals surface area (Å²) in [6.07, 6.45) is 5.94. The number of thioether (sulfide) groups is 1. The molecular formula is C16H20N4O2S2. The van der Waals surface area contributed by atoms with Gasteiger partial charge in [0, 0.05) is 11.4 Å². The van der Waals surface area contributed by atoms with E-state index < -0.39 is 6.03 Å². The van der Waals surface area contributed by atoms with Crippen molar-refractivity contribution in [3.05, 3.63) is 17.8 Å². The van der Waals surface area contributed by atoms with E-state index in [2.05, 4.69) is 27.5 Å². The number of urea groups is 1. The van der Waals surface area contributed by atoms with Gasteiger partial charge in [0.2, 0.25) is 5.91 Å². The van der Waals surface area contributed by atoms with Crippen molar-refractivity contribution in [1.82, 2.24) is 20.6 Å². The largest absolute Gasteiger partial charge is 0.335 e. The maximum absolute atomic E-state index is 12.0. The van der Waals surface area contributed by atoms with Crippen LogP contribution in [0.25, 0.3) is 10.2 Å². The van der Waals surface area contributed by atoms with E-state index in [0.717, 1.165) is 34.5 Å². The number of fused-ring (bicyclic) bond motifs is 1. The van der Waals surface area contributed by atoms with E-state index in [1.54, 1.807) is 0 Å². The molecule has 2 aromatic rings. The minimum atomic E-state index is -0.400. The summed E-state index contributed by atoms with van der Waals surface area (Å²) in [4.78, 5) is 33.3. The zero-order valence-electron chi connectivity index (χ0n) is 13.4. The summed E-state index contributed by atoms with van der Waals surface area (Å²) < 4.78 is 0. The van der Waals surface area contributed by atoms with Crippen LogP contribution in [0.3, 0.4) is 0 Å². The summed E-state index contributed by atoms with van der Waals surface area (Å²) >= 11 is 2.85. The molecule has 8 heteroatoms. The Bertz CT molecular complexity index is 734. The average molecular weight is 364 g/mol. The number of amides is 3. The fraction of sp³-hybridized carbons (Fsp3) is 0.500. The maximum Gasteiger partial charge on any atom is 0.321 e. The molecule has 0 spiro atoms. The molecule has 6 nitrogen and oxygen atoms in total. The lowest BCUT2D eigenvalue weighted by Crippen LogP contribution is -2.48. The van der Waals surface area contributed by atoms with Gasteiger partial charge in [-0.3, -0.25) is 10.1 Å². The van der Waals surface area contributed by atoms with Crippen molar-refractivity contribution in [1.29, 1.82) is 0 Å². The van der Waals surface area contributed by atoms with E-state index in [4.69, 9.17) is 0 Å². The molecule has 0 aliphatic heterocycles. The van der Waals surface area contributed by atoms with Crippen molar-refractivity contribution >= 4 is 45.3 Å². The Hall–Kier alpha value is -1.67. The highest BCUT2D eigenvalue weighted by molar-refractivity contribution is 8.00. The molecular weight excluding hydrogens is 344 g/mol. The van der Waals surface area contributed by atoms with Crippen LogP contribution >= 0.6 is 23.1 Å². The van der Waals surface area contributed by atoms with Gasteiger partial charge in [-0.1, -0.05) is 31.5 Å². The molecule has 1 aliphatic rings. The first-order valence-corrected chi connectivity index (χ1v) is 9.91. The van der Waals surface area contributed by atoms with Crippen molar-refractivity contribution in [3.8, 4) is 0 Å². The van der Waals surface area contributed by atoms with E-state index in [1.807, 2.05) is 11.4 Å². The van der Waals surface area contributed by atoms with Gasteiger partial charge in [-0.25, -0.2) is 14.8 Å². The number of hydrogen-bond donors (Lipinski definition) is 2. The molecule has 1 fully saturated rings. The van der Waals surface area contributed by atoms with Crippen LogP contribution in [-0.4, -0.2) is 33.7 Å². The van der Waals surface area contributed by atoms with E-state index in [9.17, 15) is 9.59 Å². The van der Waals surface area contributed by atoms with Crippen molar-refractivity contribution in [2.45, 2.75) is 43.7 Å². The number of imide groups is 1. The van der Waals surface area contributed by atoms with E-state index in [-0.39, 0.29) is 17.7 Å². The molecule has 1 aliphatic carbocycles. The van der Waals surface area contributed by atoms with Crippen LogP contribution < -0.4 is 10.6 Å². The van der Waals surface area contributed by atoms with Crippen molar-refractivity contribution in [2.75, 3.05) is 5.75 Å². The van der Waals surface area contributed by atoms with Crippen molar-refractivity contribution in [3.63, 3.8) is 0 Å². The molecule has 24 heavy (non-hydrogen) atoms. The number of aromatic nitrogens is 2. The van der Waals surface area contributed by atoms with Gasteiger partial charge >= 0.3 is 6.03 Å². The quantitative estimate of drug-likeness (QED) is 0.643. The van der Waals surface area contributed by atoms with Gasteiger partial charge in [-0.05, 0) is 30.2 Å². The first-order valence-electron chi connectivity index (χ1n) is 8.05. The molecule has 2 atom stereocenters. The third kappa shape index (κ3) is 4.24. The second-order valence-electron chi connectivity index (χ2n) is 6.00. The minimum absolute atomic E-state index is 0.148. The highest BCUT2D eigenvalue weighted by Crippen LogP contribution is 2.27. The monoisotopic (exact) mass is 364 g/mol. The summed E-state index contributed by atoms with van der Waals surface area (Å²) in [7, 11) is 0. The number of hydrogen-bond acceptors (Lipinski definition) is 6. The molecule has 3 amide bonds. The van der Waals surface area contributed by atoms with Crippen LogP contribution in [0.5, 0.6) is 0 Å². The number of nitrogens with one attached hydrogen (secondary N) is 2. The fourth-order valence-corrected chi connectivity index (χ4v) is 4.49.